The molecule has 3 aromatic rings. The van der Waals surface area contributed by atoms with Gasteiger partial charge in [0.25, 0.3) is 0 Å². The molecule has 0 amide bonds. The van der Waals surface area contributed by atoms with Gasteiger partial charge in [0.2, 0.25) is 0 Å². The van der Waals surface area contributed by atoms with Crippen LogP contribution in [0.15, 0.2) is 36.5 Å². The Bertz CT molecular complexity index is 829. The molecule has 0 unspecified atom stereocenters. The first-order chi connectivity index (χ1) is 11.7. The monoisotopic (exact) mass is 326 g/mol. The summed E-state index contributed by atoms with van der Waals surface area (Å²) in [7, 11) is 1.67. The summed E-state index contributed by atoms with van der Waals surface area (Å²) in [6.07, 6.45) is 2.70. The van der Waals surface area contributed by atoms with Gasteiger partial charge in [0.15, 0.2) is 5.65 Å². The van der Waals surface area contributed by atoms with Crippen molar-refractivity contribution in [2.45, 2.75) is 26.5 Å². The van der Waals surface area contributed by atoms with Crippen molar-refractivity contribution in [1.29, 1.82) is 0 Å². The molecule has 126 valence electrons. The highest BCUT2D eigenvalue weighted by Crippen LogP contribution is 2.18. The lowest BCUT2D eigenvalue weighted by atomic mass is 10.3. The molecule has 2 heterocycles. The molecule has 0 bridgehead atoms. The summed E-state index contributed by atoms with van der Waals surface area (Å²) in [5.74, 6) is 1.67. The Kier molecular flexibility index (Phi) is 4.96. The van der Waals surface area contributed by atoms with Crippen LogP contribution >= 0.6 is 0 Å². The zero-order valence-electron chi connectivity index (χ0n) is 14.0. The largest absolute Gasteiger partial charge is 0.493 e. The molecule has 24 heavy (non-hydrogen) atoms. The number of hydrogen-bond donors (Lipinski definition) is 1. The van der Waals surface area contributed by atoms with Gasteiger partial charge in [0.05, 0.1) is 6.61 Å². The number of anilines is 1. The van der Waals surface area contributed by atoms with Crippen LogP contribution < -0.4 is 10.5 Å². The Hall–Kier alpha value is -2.60. The van der Waals surface area contributed by atoms with Gasteiger partial charge >= 0.3 is 0 Å². The van der Waals surface area contributed by atoms with Crippen molar-refractivity contribution in [1.82, 2.24) is 14.5 Å². The average molecular weight is 326 g/mol. The minimum Gasteiger partial charge on any atom is -0.493 e. The van der Waals surface area contributed by atoms with Gasteiger partial charge in [-0.1, -0.05) is 6.07 Å². The van der Waals surface area contributed by atoms with Crippen LogP contribution in [-0.2, 0) is 17.9 Å². The minimum absolute atomic E-state index is 0.464. The van der Waals surface area contributed by atoms with E-state index in [0.29, 0.717) is 18.9 Å². The lowest BCUT2D eigenvalue weighted by Crippen LogP contribution is -2.09. The molecule has 2 aromatic heterocycles. The van der Waals surface area contributed by atoms with Gasteiger partial charge < -0.3 is 19.8 Å². The molecule has 2 N–H and O–H groups in total. The van der Waals surface area contributed by atoms with Crippen molar-refractivity contribution in [2.75, 3.05) is 19.5 Å². The van der Waals surface area contributed by atoms with Crippen molar-refractivity contribution in [3.63, 3.8) is 0 Å². The van der Waals surface area contributed by atoms with Gasteiger partial charge in [-0.3, -0.25) is 0 Å². The van der Waals surface area contributed by atoms with Gasteiger partial charge in [-0.05, 0) is 37.1 Å². The average Bonchev–Trinajstić information content (AvgIpc) is 2.88. The third-order valence-electron chi connectivity index (χ3n) is 3.73. The van der Waals surface area contributed by atoms with E-state index < -0.39 is 0 Å². The second-order valence-corrected chi connectivity index (χ2v) is 5.74. The Morgan fingerprint density at radius 2 is 2.12 bits per heavy atom. The fraction of sp³-hybridized carbons (Fsp3) is 0.333. The Morgan fingerprint density at radius 1 is 1.25 bits per heavy atom. The van der Waals surface area contributed by atoms with Gasteiger partial charge in [-0.15, -0.1) is 0 Å². The number of fused-ring (bicyclic) bond motifs is 1. The maximum Gasteiger partial charge on any atom is 0.160 e. The van der Waals surface area contributed by atoms with E-state index >= 15 is 0 Å². The number of aryl methyl sites for hydroxylation is 2. The lowest BCUT2D eigenvalue weighted by Gasteiger charge is -2.10. The van der Waals surface area contributed by atoms with Crippen LogP contribution in [-0.4, -0.2) is 28.3 Å². The predicted molar refractivity (Wildman–Crippen MR) is 93.9 cm³/mol. The van der Waals surface area contributed by atoms with Crippen LogP contribution in [0, 0.1) is 6.92 Å². The second kappa shape index (κ2) is 7.31. The number of aromatic nitrogens is 3. The highest BCUT2D eigenvalue weighted by molar-refractivity contribution is 5.72. The second-order valence-electron chi connectivity index (χ2n) is 5.74. The normalized spacial score (nSPS) is 11.1. The summed E-state index contributed by atoms with van der Waals surface area (Å²) in [4.78, 5) is 9.15. The minimum atomic E-state index is 0.464. The number of methoxy groups -OCH3 is 1. The number of nitrogens with two attached hydrogens (primary N) is 1. The molecule has 0 aliphatic carbocycles. The van der Waals surface area contributed by atoms with E-state index in [0.717, 1.165) is 41.3 Å². The molecule has 0 aliphatic heterocycles. The highest BCUT2D eigenvalue weighted by Gasteiger charge is 2.11. The number of ether oxygens (including phenoxy) is 2. The summed E-state index contributed by atoms with van der Waals surface area (Å²) < 4.78 is 13.1. The van der Waals surface area contributed by atoms with Crippen molar-refractivity contribution in [2.24, 2.45) is 0 Å². The van der Waals surface area contributed by atoms with E-state index in [9.17, 15) is 0 Å². The third kappa shape index (κ3) is 3.65. The zero-order chi connectivity index (χ0) is 16.9. The van der Waals surface area contributed by atoms with Gasteiger partial charge in [0.1, 0.15) is 23.7 Å². The molecule has 0 saturated carbocycles. The molecular formula is C18H22N4O2. The molecule has 0 spiro atoms. The first-order valence-corrected chi connectivity index (χ1v) is 7.96. The van der Waals surface area contributed by atoms with E-state index in [-0.39, 0.29) is 0 Å². The number of imidazole rings is 1. The molecule has 0 fully saturated rings. The van der Waals surface area contributed by atoms with Crippen molar-refractivity contribution in [3.05, 3.63) is 47.9 Å². The van der Waals surface area contributed by atoms with Crippen LogP contribution in [0.3, 0.4) is 0 Å². The predicted octanol–water partition coefficient (Wildman–Crippen LogP) is 2.94. The Morgan fingerprint density at radius 3 is 2.92 bits per heavy atom. The first-order valence-electron chi connectivity index (χ1n) is 7.96. The van der Waals surface area contributed by atoms with E-state index in [4.69, 9.17) is 15.2 Å². The van der Waals surface area contributed by atoms with Crippen molar-refractivity contribution in [3.8, 4) is 5.75 Å². The molecule has 3 rings (SSSR count). The van der Waals surface area contributed by atoms with Crippen LogP contribution in [0.4, 0.5) is 5.69 Å². The maximum absolute atomic E-state index is 5.75. The van der Waals surface area contributed by atoms with Crippen LogP contribution in [0.2, 0.25) is 0 Å². The fourth-order valence-electron chi connectivity index (χ4n) is 2.65. The van der Waals surface area contributed by atoms with E-state index in [1.807, 2.05) is 43.5 Å². The quantitative estimate of drug-likeness (QED) is 0.534. The van der Waals surface area contributed by atoms with Gasteiger partial charge in [-0.25, -0.2) is 9.97 Å². The summed E-state index contributed by atoms with van der Waals surface area (Å²) in [5, 5.41) is 0. The summed E-state index contributed by atoms with van der Waals surface area (Å²) in [5.41, 5.74) is 9.34. The molecule has 0 saturated heterocycles. The number of rotatable bonds is 7. The molecule has 0 atom stereocenters. The van der Waals surface area contributed by atoms with E-state index in [1.54, 1.807) is 7.11 Å². The van der Waals surface area contributed by atoms with Crippen molar-refractivity contribution < 1.29 is 9.47 Å². The number of pyridine rings is 1. The molecule has 0 radical (unpaired) electrons. The van der Waals surface area contributed by atoms with Crippen LogP contribution in [0.5, 0.6) is 5.75 Å². The van der Waals surface area contributed by atoms with Gasteiger partial charge in [0, 0.05) is 31.6 Å². The molecule has 0 aliphatic rings. The number of benzene rings is 1. The molecule has 1 aromatic carbocycles. The third-order valence-corrected chi connectivity index (χ3v) is 3.73. The Labute approximate surface area is 141 Å². The summed E-state index contributed by atoms with van der Waals surface area (Å²) >= 11 is 0. The standard InChI is InChI=1S/C18H22N4O2/c1-13-9-16-18(20-11-13)22(17(21-16)12-23-2)7-4-8-24-15-6-3-5-14(19)10-15/h3,5-6,9-11H,4,7-8,12,19H2,1-2H3. The zero-order valence-corrected chi connectivity index (χ0v) is 14.0. The smallest absolute Gasteiger partial charge is 0.160 e. The van der Waals surface area contributed by atoms with Crippen LogP contribution in [0.1, 0.15) is 17.8 Å². The van der Waals surface area contributed by atoms with Gasteiger partial charge in [-0.2, -0.15) is 0 Å². The summed E-state index contributed by atoms with van der Waals surface area (Å²) in [6, 6.07) is 9.50. The molecular weight excluding hydrogens is 304 g/mol. The number of nitrogen functional groups attached to an aromatic ring is 1. The van der Waals surface area contributed by atoms with Crippen LogP contribution in [0.25, 0.3) is 11.2 Å². The summed E-state index contributed by atoms with van der Waals surface area (Å²) in [6.45, 7) is 3.85. The number of hydrogen-bond acceptors (Lipinski definition) is 5. The number of nitrogens with zero attached hydrogens (tertiary/aromatic N) is 3. The maximum atomic E-state index is 5.75. The first kappa shape index (κ1) is 16.3. The fourth-order valence-corrected chi connectivity index (χ4v) is 2.65. The SMILES string of the molecule is COCc1nc2cc(C)cnc2n1CCCOc1cccc(N)c1. The van der Waals surface area contributed by atoms with Crippen molar-refractivity contribution >= 4 is 16.9 Å². The topological polar surface area (TPSA) is 75.2 Å². The van der Waals surface area contributed by atoms with E-state index in [2.05, 4.69) is 14.5 Å². The Balaban J connectivity index is 1.68. The highest BCUT2D eigenvalue weighted by atomic mass is 16.5. The molecule has 6 heteroatoms. The molecule has 6 nitrogen and oxygen atoms in total. The lowest BCUT2D eigenvalue weighted by molar-refractivity contribution is 0.174. The van der Waals surface area contributed by atoms with E-state index in [1.165, 1.54) is 0 Å².